The maximum Gasteiger partial charge on any atom is 0.257 e. The lowest BCUT2D eigenvalue weighted by atomic mass is 10.0. The van der Waals surface area contributed by atoms with E-state index in [2.05, 4.69) is 55.0 Å². The summed E-state index contributed by atoms with van der Waals surface area (Å²) in [5.41, 5.74) is 3.47. The Morgan fingerprint density at radius 2 is 1.70 bits per heavy atom. The third kappa shape index (κ3) is 6.38. The first-order chi connectivity index (χ1) is 17.7. The smallest absolute Gasteiger partial charge is 0.257 e. The Labute approximate surface area is 224 Å². The highest BCUT2D eigenvalue weighted by atomic mass is 35.5. The van der Waals surface area contributed by atoms with Gasteiger partial charge in [0.05, 0.1) is 23.4 Å². The van der Waals surface area contributed by atoms with Crippen LogP contribution >= 0.6 is 11.6 Å². The molecule has 6 nitrogen and oxygen atoms in total. The van der Waals surface area contributed by atoms with Crippen LogP contribution in [0.5, 0.6) is 0 Å². The molecule has 37 heavy (non-hydrogen) atoms. The number of halogens is 1. The molecule has 0 unspecified atom stereocenters. The quantitative estimate of drug-likeness (QED) is 0.322. The summed E-state index contributed by atoms with van der Waals surface area (Å²) >= 11 is 6.17. The highest BCUT2D eigenvalue weighted by Gasteiger charge is 2.30. The van der Waals surface area contributed by atoms with Gasteiger partial charge >= 0.3 is 0 Å². The maximum atomic E-state index is 13.6. The molecule has 1 N–H and O–H groups in total. The zero-order valence-electron chi connectivity index (χ0n) is 22.0. The van der Waals surface area contributed by atoms with E-state index in [1.54, 1.807) is 36.5 Å². The van der Waals surface area contributed by atoms with Gasteiger partial charge in [0.1, 0.15) is 0 Å². The Morgan fingerprint density at radius 1 is 1.00 bits per heavy atom. The summed E-state index contributed by atoms with van der Waals surface area (Å²) < 4.78 is 0. The van der Waals surface area contributed by atoms with Crippen molar-refractivity contribution in [2.75, 3.05) is 16.8 Å². The zero-order valence-corrected chi connectivity index (χ0v) is 22.8. The number of nitrogens with one attached hydrogen (secondary N) is 1. The van der Waals surface area contributed by atoms with E-state index >= 15 is 0 Å². The molecule has 0 atom stereocenters. The molecule has 0 spiro atoms. The lowest BCUT2D eigenvalue weighted by Gasteiger charge is -2.30. The fraction of sp³-hybridized carbons (Fsp3) is 0.367. The molecule has 0 radical (unpaired) electrons. The van der Waals surface area contributed by atoms with Crippen molar-refractivity contribution in [1.29, 1.82) is 0 Å². The summed E-state index contributed by atoms with van der Waals surface area (Å²) in [6.45, 7) is 10.1. The van der Waals surface area contributed by atoms with Crippen LogP contribution in [0.4, 0.5) is 17.2 Å². The van der Waals surface area contributed by atoms with Gasteiger partial charge in [-0.25, -0.2) is 4.98 Å². The standard InChI is InChI=1S/C30H35ClN4O2/c1-20(2)34(21(3)4)17-6-5-8-22-10-12-23(13-11-22)18-28(36)35-27-15-14-24(31)19-25(27)30(37)33-26-9-7-16-32-29(26)35/h7,9-16,19-21H,5-6,8,17-18H2,1-4H3,(H,33,37). The van der Waals surface area contributed by atoms with Gasteiger partial charge < -0.3 is 5.32 Å². The number of aromatic nitrogens is 1. The number of hydrogen-bond donors (Lipinski definition) is 1. The Morgan fingerprint density at radius 3 is 2.41 bits per heavy atom. The van der Waals surface area contributed by atoms with Gasteiger partial charge in [-0.05, 0) is 95.0 Å². The van der Waals surface area contributed by atoms with Gasteiger partial charge in [0.25, 0.3) is 5.91 Å². The lowest BCUT2D eigenvalue weighted by Crippen LogP contribution is -2.37. The summed E-state index contributed by atoms with van der Waals surface area (Å²) in [7, 11) is 0. The molecule has 2 amide bonds. The van der Waals surface area contributed by atoms with Gasteiger partial charge in [-0.15, -0.1) is 0 Å². The van der Waals surface area contributed by atoms with Crippen LogP contribution in [0.3, 0.4) is 0 Å². The minimum atomic E-state index is -0.323. The number of benzene rings is 2. The Hall–Kier alpha value is -3.22. The molecule has 1 aliphatic rings. The van der Waals surface area contributed by atoms with E-state index in [0.717, 1.165) is 31.4 Å². The average Bonchev–Trinajstić information content (AvgIpc) is 2.98. The molecule has 194 valence electrons. The second kappa shape index (κ2) is 11.9. The fourth-order valence-corrected chi connectivity index (χ4v) is 5.10. The molecule has 2 aromatic carbocycles. The maximum absolute atomic E-state index is 13.6. The number of aryl methyl sites for hydroxylation is 1. The largest absolute Gasteiger partial charge is 0.319 e. The number of rotatable bonds is 9. The second-order valence-corrected chi connectivity index (χ2v) is 10.5. The highest BCUT2D eigenvalue weighted by Crippen LogP contribution is 2.37. The highest BCUT2D eigenvalue weighted by molar-refractivity contribution is 6.31. The first kappa shape index (κ1) is 26.8. The van der Waals surface area contributed by atoms with Crippen molar-refractivity contribution in [3.63, 3.8) is 0 Å². The average molecular weight is 519 g/mol. The summed E-state index contributed by atoms with van der Waals surface area (Å²) in [5, 5.41) is 3.28. The molecule has 4 rings (SSSR count). The summed E-state index contributed by atoms with van der Waals surface area (Å²) in [6.07, 6.45) is 5.11. The minimum absolute atomic E-state index is 0.171. The SMILES string of the molecule is CC(C)N(CCCCc1ccc(CC(=O)N2c3ccc(Cl)cc3C(=O)Nc3cccnc32)cc1)C(C)C. The fourth-order valence-electron chi connectivity index (χ4n) is 4.93. The molecule has 2 heterocycles. The summed E-state index contributed by atoms with van der Waals surface area (Å²) in [6, 6.07) is 17.8. The number of nitrogens with zero attached hydrogens (tertiary/aromatic N) is 3. The lowest BCUT2D eigenvalue weighted by molar-refractivity contribution is -0.117. The van der Waals surface area contributed by atoms with E-state index in [1.165, 1.54) is 10.5 Å². The van der Waals surface area contributed by atoms with Gasteiger partial charge in [0, 0.05) is 23.3 Å². The Kier molecular flexibility index (Phi) is 8.62. The van der Waals surface area contributed by atoms with Crippen molar-refractivity contribution in [3.05, 3.63) is 82.5 Å². The molecule has 0 aliphatic carbocycles. The number of fused-ring (bicyclic) bond motifs is 2. The molecular weight excluding hydrogens is 484 g/mol. The third-order valence-electron chi connectivity index (χ3n) is 6.78. The summed E-state index contributed by atoms with van der Waals surface area (Å²) in [5.74, 6) is -0.0954. The van der Waals surface area contributed by atoms with Crippen LogP contribution in [0, 0.1) is 0 Å². The van der Waals surface area contributed by atoms with E-state index in [-0.39, 0.29) is 18.2 Å². The normalized spacial score (nSPS) is 13.0. The molecule has 0 fully saturated rings. The van der Waals surface area contributed by atoms with E-state index in [0.29, 0.717) is 39.9 Å². The van der Waals surface area contributed by atoms with Crippen LogP contribution in [0.2, 0.25) is 5.02 Å². The Bertz CT molecular complexity index is 1250. The van der Waals surface area contributed by atoms with Crippen molar-refractivity contribution >= 4 is 40.6 Å². The van der Waals surface area contributed by atoms with E-state index in [9.17, 15) is 9.59 Å². The molecular formula is C30H35ClN4O2. The number of amides is 2. The van der Waals surface area contributed by atoms with Gasteiger partial charge in [-0.1, -0.05) is 35.9 Å². The molecule has 1 aromatic heterocycles. The van der Waals surface area contributed by atoms with Crippen LogP contribution in [-0.4, -0.2) is 40.3 Å². The molecule has 3 aromatic rings. The van der Waals surface area contributed by atoms with Crippen molar-refractivity contribution in [2.45, 2.75) is 65.5 Å². The van der Waals surface area contributed by atoms with Gasteiger partial charge in [0.2, 0.25) is 5.91 Å². The van der Waals surface area contributed by atoms with E-state index < -0.39 is 0 Å². The minimum Gasteiger partial charge on any atom is -0.319 e. The number of carbonyl (C=O) groups excluding carboxylic acids is 2. The van der Waals surface area contributed by atoms with Crippen LogP contribution < -0.4 is 10.2 Å². The summed E-state index contributed by atoms with van der Waals surface area (Å²) in [4.78, 5) is 34.9. The van der Waals surface area contributed by atoms with E-state index in [1.807, 2.05) is 12.1 Å². The van der Waals surface area contributed by atoms with Gasteiger partial charge in [-0.2, -0.15) is 0 Å². The molecule has 0 saturated carbocycles. The van der Waals surface area contributed by atoms with Crippen LogP contribution in [0.25, 0.3) is 0 Å². The molecule has 0 bridgehead atoms. The zero-order chi connectivity index (χ0) is 26.5. The Balaban J connectivity index is 1.45. The van der Waals surface area contributed by atoms with Crippen LogP contribution in [0.1, 0.15) is 62.0 Å². The third-order valence-corrected chi connectivity index (χ3v) is 7.01. The van der Waals surface area contributed by atoms with Gasteiger partial charge in [0.15, 0.2) is 5.82 Å². The molecule has 1 aliphatic heterocycles. The van der Waals surface area contributed by atoms with Crippen molar-refractivity contribution in [1.82, 2.24) is 9.88 Å². The predicted octanol–water partition coefficient (Wildman–Crippen LogP) is 6.65. The number of hydrogen-bond acceptors (Lipinski definition) is 4. The predicted molar refractivity (Wildman–Crippen MR) is 151 cm³/mol. The van der Waals surface area contributed by atoms with Gasteiger partial charge in [-0.3, -0.25) is 19.4 Å². The number of pyridine rings is 1. The molecule has 0 saturated heterocycles. The van der Waals surface area contributed by atoms with E-state index in [4.69, 9.17) is 11.6 Å². The van der Waals surface area contributed by atoms with Crippen molar-refractivity contribution in [3.8, 4) is 0 Å². The van der Waals surface area contributed by atoms with Crippen molar-refractivity contribution in [2.24, 2.45) is 0 Å². The monoisotopic (exact) mass is 518 g/mol. The second-order valence-electron chi connectivity index (χ2n) is 10.1. The van der Waals surface area contributed by atoms with Crippen LogP contribution in [-0.2, 0) is 17.6 Å². The van der Waals surface area contributed by atoms with Crippen molar-refractivity contribution < 1.29 is 9.59 Å². The first-order valence-corrected chi connectivity index (χ1v) is 13.3. The number of carbonyl (C=O) groups is 2. The molecule has 7 heteroatoms. The topological polar surface area (TPSA) is 65.5 Å². The number of anilines is 3. The first-order valence-electron chi connectivity index (χ1n) is 13.0. The number of unbranched alkanes of at least 4 members (excludes halogenated alkanes) is 1. The van der Waals surface area contributed by atoms with Crippen LogP contribution in [0.15, 0.2) is 60.8 Å².